The highest BCUT2D eigenvalue weighted by Crippen LogP contribution is 2.29. The summed E-state index contributed by atoms with van der Waals surface area (Å²) in [4.78, 5) is 12.7. The van der Waals surface area contributed by atoms with Crippen LogP contribution in [0.4, 0.5) is 0 Å². The second-order valence-corrected chi connectivity index (χ2v) is 9.29. The highest BCUT2D eigenvalue weighted by atomic mass is 79.9. The summed E-state index contributed by atoms with van der Waals surface area (Å²) in [6.07, 6.45) is 1.54. The number of hydrazone groups is 1. The molecule has 0 aliphatic rings. The van der Waals surface area contributed by atoms with E-state index in [1.165, 1.54) is 13.3 Å². The summed E-state index contributed by atoms with van der Waals surface area (Å²) in [5.41, 5.74) is 5.65. The number of methoxy groups -OCH3 is 1. The van der Waals surface area contributed by atoms with E-state index in [2.05, 4.69) is 26.5 Å². The van der Waals surface area contributed by atoms with E-state index in [0.717, 1.165) is 15.6 Å². The maximum Gasteiger partial charge on any atom is 0.271 e. The molecule has 37 heavy (non-hydrogen) atoms. The first-order chi connectivity index (χ1) is 18.0. The van der Waals surface area contributed by atoms with Crippen molar-refractivity contribution in [2.24, 2.45) is 5.10 Å². The maximum absolute atomic E-state index is 12.7. The van der Waals surface area contributed by atoms with Gasteiger partial charge in [-0.3, -0.25) is 4.79 Å². The first kappa shape index (κ1) is 26.3. The Kier molecular flexibility index (Phi) is 9.18. The highest BCUT2D eigenvalue weighted by Gasteiger charge is 2.11. The van der Waals surface area contributed by atoms with Crippen LogP contribution in [0, 0.1) is 0 Å². The Balaban J connectivity index is 1.39. The molecule has 4 aromatic rings. The molecule has 0 saturated heterocycles. The number of amides is 1. The van der Waals surface area contributed by atoms with Crippen molar-refractivity contribution in [3.8, 4) is 17.2 Å². The summed E-state index contributed by atoms with van der Waals surface area (Å²) >= 11 is 9.41. The Morgan fingerprint density at radius 1 is 0.865 bits per heavy atom. The van der Waals surface area contributed by atoms with Gasteiger partial charge in [0.1, 0.15) is 19.0 Å². The molecule has 0 aliphatic carbocycles. The van der Waals surface area contributed by atoms with Gasteiger partial charge in [-0.15, -0.1) is 0 Å². The minimum absolute atomic E-state index is 0.366. The Hall–Kier alpha value is -3.81. The molecule has 0 aliphatic heterocycles. The van der Waals surface area contributed by atoms with Gasteiger partial charge < -0.3 is 14.2 Å². The average molecular weight is 580 g/mol. The zero-order valence-electron chi connectivity index (χ0n) is 20.0. The minimum atomic E-state index is -0.386. The number of hydrogen-bond donors (Lipinski definition) is 1. The molecule has 0 saturated carbocycles. The minimum Gasteiger partial charge on any atom is -0.493 e. The fourth-order valence-corrected chi connectivity index (χ4v) is 3.89. The van der Waals surface area contributed by atoms with Crippen molar-refractivity contribution in [2.45, 2.75) is 13.2 Å². The Morgan fingerprint density at radius 3 is 2.27 bits per heavy atom. The van der Waals surface area contributed by atoms with E-state index in [0.29, 0.717) is 46.6 Å². The van der Waals surface area contributed by atoms with Crippen molar-refractivity contribution in [2.75, 3.05) is 7.11 Å². The Labute approximate surface area is 229 Å². The van der Waals surface area contributed by atoms with E-state index in [1.807, 2.05) is 72.8 Å². The first-order valence-electron chi connectivity index (χ1n) is 11.4. The van der Waals surface area contributed by atoms with Gasteiger partial charge in [-0.05, 0) is 59.7 Å². The molecule has 0 heterocycles. The van der Waals surface area contributed by atoms with E-state index in [1.54, 1.807) is 18.2 Å². The molecule has 188 valence electrons. The lowest BCUT2D eigenvalue weighted by Gasteiger charge is -2.12. The maximum atomic E-state index is 12.7. The largest absolute Gasteiger partial charge is 0.493 e. The van der Waals surface area contributed by atoms with Gasteiger partial charge in [0, 0.05) is 20.6 Å². The third kappa shape index (κ3) is 7.59. The van der Waals surface area contributed by atoms with Crippen LogP contribution in [-0.2, 0) is 13.2 Å². The highest BCUT2D eigenvalue weighted by molar-refractivity contribution is 9.10. The van der Waals surface area contributed by atoms with Crippen LogP contribution in [0.15, 0.2) is 101 Å². The van der Waals surface area contributed by atoms with Crippen LogP contribution in [0.5, 0.6) is 17.2 Å². The van der Waals surface area contributed by atoms with Crippen LogP contribution in [0.1, 0.15) is 27.0 Å². The number of nitrogens with zero attached hydrogens (tertiary/aromatic N) is 1. The summed E-state index contributed by atoms with van der Waals surface area (Å²) in [7, 11) is 1.53. The topological polar surface area (TPSA) is 69.2 Å². The summed E-state index contributed by atoms with van der Waals surface area (Å²) in [5, 5.41) is 4.79. The molecule has 0 bridgehead atoms. The second kappa shape index (κ2) is 12.9. The lowest BCUT2D eigenvalue weighted by Crippen LogP contribution is -2.17. The lowest BCUT2D eigenvalue weighted by molar-refractivity contribution is 0.0954. The zero-order chi connectivity index (χ0) is 26.0. The van der Waals surface area contributed by atoms with Gasteiger partial charge in [0.25, 0.3) is 5.91 Å². The summed E-state index contributed by atoms with van der Waals surface area (Å²) in [6.45, 7) is 0.757. The molecule has 1 N–H and O–H groups in total. The number of ether oxygens (including phenoxy) is 3. The van der Waals surface area contributed by atoms with Crippen LogP contribution in [0.3, 0.4) is 0 Å². The predicted molar refractivity (Wildman–Crippen MR) is 149 cm³/mol. The number of benzene rings is 4. The van der Waals surface area contributed by atoms with Crippen molar-refractivity contribution in [1.29, 1.82) is 0 Å². The number of halogens is 2. The van der Waals surface area contributed by atoms with Gasteiger partial charge in [0.05, 0.1) is 13.3 Å². The monoisotopic (exact) mass is 578 g/mol. The van der Waals surface area contributed by atoms with Crippen LogP contribution in [-0.4, -0.2) is 19.2 Å². The Bertz CT molecular complexity index is 1380. The molecule has 0 unspecified atom stereocenters. The van der Waals surface area contributed by atoms with Crippen molar-refractivity contribution in [3.63, 3.8) is 0 Å². The molecule has 8 heteroatoms. The van der Waals surface area contributed by atoms with E-state index < -0.39 is 0 Å². The third-order valence-corrected chi connectivity index (χ3v) is 6.06. The van der Waals surface area contributed by atoms with E-state index in [9.17, 15) is 4.79 Å². The molecular weight excluding hydrogens is 556 g/mol. The van der Waals surface area contributed by atoms with Crippen molar-refractivity contribution in [1.82, 2.24) is 5.43 Å². The Morgan fingerprint density at radius 2 is 1.54 bits per heavy atom. The number of hydrogen-bond acceptors (Lipinski definition) is 5. The van der Waals surface area contributed by atoms with E-state index in [4.69, 9.17) is 25.8 Å². The van der Waals surface area contributed by atoms with Crippen LogP contribution in [0.25, 0.3) is 0 Å². The van der Waals surface area contributed by atoms with Crippen LogP contribution < -0.4 is 19.6 Å². The summed E-state index contributed by atoms with van der Waals surface area (Å²) in [6, 6.07) is 27.8. The molecule has 0 fully saturated rings. The third-order valence-electron chi connectivity index (χ3n) is 5.31. The molecule has 4 aromatic carbocycles. The van der Waals surface area contributed by atoms with Gasteiger partial charge in [0.15, 0.2) is 11.5 Å². The van der Waals surface area contributed by atoms with Gasteiger partial charge in [-0.2, -0.15) is 5.10 Å². The molecular formula is C29H24BrClN2O4. The van der Waals surface area contributed by atoms with Gasteiger partial charge >= 0.3 is 0 Å². The molecule has 0 aromatic heterocycles. The molecule has 6 nitrogen and oxygen atoms in total. The fraction of sp³-hybridized carbons (Fsp3) is 0.103. The normalized spacial score (nSPS) is 10.8. The van der Waals surface area contributed by atoms with E-state index in [-0.39, 0.29) is 5.91 Å². The molecule has 0 radical (unpaired) electrons. The van der Waals surface area contributed by atoms with E-state index >= 15 is 0 Å². The quantitative estimate of drug-likeness (QED) is 0.162. The number of nitrogens with one attached hydrogen (secondary N) is 1. The first-order valence-corrected chi connectivity index (χ1v) is 12.5. The van der Waals surface area contributed by atoms with Crippen molar-refractivity contribution in [3.05, 3.63) is 123 Å². The lowest BCUT2D eigenvalue weighted by atomic mass is 10.2. The second-order valence-electron chi connectivity index (χ2n) is 7.94. The van der Waals surface area contributed by atoms with Crippen LogP contribution >= 0.6 is 27.5 Å². The zero-order valence-corrected chi connectivity index (χ0v) is 22.3. The number of carbonyl (C=O) groups is 1. The van der Waals surface area contributed by atoms with Crippen LogP contribution in [0.2, 0.25) is 5.02 Å². The standard InChI is InChI=1S/C29H24BrClN2O4/c1-35-28-16-22(9-13-27(28)37-18-20-5-3-2-4-6-20)29(34)33-32-17-23-15-24(30)10-14-26(23)36-19-21-7-11-25(31)12-8-21/h2-17H,18-19H2,1H3,(H,33,34)/b32-17+. The summed E-state index contributed by atoms with van der Waals surface area (Å²) in [5.74, 6) is 1.24. The number of carbonyl (C=O) groups excluding carboxylic acids is 1. The van der Waals surface area contributed by atoms with Gasteiger partial charge in [0.2, 0.25) is 0 Å². The van der Waals surface area contributed by atoms with Gasteiger partial charge in [-0.1, -0.05) is 70.0 Å². The van der Waals surface area contributed by atoms with Gasteiger partial charge in [-0.25, -0.2) is 5.43 Å². The molecule has 1 amide bonds. The molecule has 4 rings (SSSR count). The summed E-state index contributed by atoms with van der Waals surface area (Å²) < 4.78 is 18.1. The van der Waals surface area contributed by atoms with Crippen molar-refractivity contribution < 1.29 is 19.0 Å². The number of rotatable bonds is 10. The predicted octanol–water partition coefficient (Wildman–Crippen LogP) is 7.03. The van der Waals surface area contributed by atoms with Crippen molar-refractivity contribution >= 4 is 39.7 Å². The fourth-order valence-electron chi connectivity index (χ4n) is 3.38. The average Bonchev–Trinajstić information content (AvgIpc) is 2.92. The molecule has 0 spiro atoms. The molecule has 0 atom stereocenters. The SMILES string of the molecule is COc1cc(C(=O)N/N=C/c2cc(Br)ccc2OCc2ccc(Cl)cc2)ccc1OCc1ccccc1. The smallest absolute Gasteiger partial charge is 0.271 e.